The molecule has 0 aliphatic carbocycles. The second kappa shape index (κ2) is 9.29. The third kappa shape index (κ3) is 4.43. The first kappa shape index (κ1) is 20.5. The lowest BCUT2D eigenvalue weighted by atomic mass is 10.2. The molecule has 7 nitrogen and oxygen atoms in total. The molecule has 1 amide bonds. The average molecular weight is 414 g/mol. The number of hydrogen-bond donors (Lipinski definition) is 1. The van der Waals surface area contributed by atoms with Crippen LogP contribution in [0.4, 0.5) is 0 Å². The van der Waals surface area contributed by atoms with Crippen molar-refractivity contribution in [3.63, 3.8) is 0 Å². The number of carbonyl (C=O) groups is 1. The van der Waals surface area contributed by atoms with E-state index < -0.39 is 0 Å². The summed E-state index contributed by atoms with van der Waals surface area (Å²) in [6.07, 6.45) is 0. The van der Waals surface area contributed by atoms with E-state index in [1.54, 1.807) is 39.9 Å². The summed E-state index contributed by atoms with van der Waals surface area (Å²) in [5.74, 6) is 2.25. The number of methoxy groups -OCH3 is 4. The fourth-order valence-corrected chi connectivity index (χ4v) is 3.64. The molecule has 0 unspecified atom stereocenters. The molecule has 1 N–H and O–H groups in total. The zero-order chi connectivity index (χ0) is 20.8. The number of rotatable bonds is 8. The van der Waals surface area contributed by atoms with Crippen molar-refractivity contribution in [2.24, 2.45) is 0 Å². The van der Waals surface area contributed by atoms with Gasteiger partial charge in [-0.1, -0.05) is 6.07 Å². The number of ether oxygens (including phenoxy) is 4. The van der Waals surface area contributed by atoms with Crippen LogP contribution in [0.15, 0.2) is 41.8 Å². The molecule has 0 saturated carbocycles. The van der Waals surface area contributed by atoms with E-state index in [0.717, 1.165) is 11.1 Å². The van der Waals surface area contributed by atoms with Gasteiger partial charge in [0.15, 0.2) is 11.5 Å². The predicted octanol–water partition coefficient (Wildman–Crippen LogP) is 3.77. The summed E-state index contributed by atoms with van der Waals surface area (Å²) < 4.78 is 21.3. The first-order valence-corrected chi connectivity index (χ1v) is 9.65. The van der Waals surface area contributed by atoms with Crippen molar-refractivity contribution in [1.82, 2.24) is 10.3 Å². The second-order valence-corrected chi connectivity index (χ2v) is 6.80. The van der Waals surface area contributed by atoms with E-state index in [1.165, 1.54) is 11.3 Å². The molecule has 29 heavy (non-hydrogen) atoms. The van der Waals surface area contributed by atoms with Gasteiger partial charge in [0.2, 0.25) is 0 Å². The lowest BCUT2D eigenvalue weighted by molar-refractivity contribution is 0.0946. The Morgan fingerprint density at radius 1 is 1.00 bits per heavy atom. The number of nitrogens with zero attached hydrogens (tertiary/aromatic N) is 1. The van der Waals surface area contributed by atoms with Gasteiger partial charge in [-0.3, -0.25) is 4.79 Å². The summed E-state index contributed by atoms with van der Waals surface area (Å²) in [6.45, 7) is 0.307. The van der Waals surface area contributed by atoms with Crippen molar-refractivity contribution in [3.05, 3.63) is 53.0 Å². The lowest BCUT2D eigenvalue weighted by Crippen LogP contribution is -2.23. The van der Waals surface area contributed by atoms with E-state index >= 15 is 0 Å². The Bertz CT molecular complexity index is 1000. The zero-order valence-electron chi connectivity index (χ0n) is 16.6. The van der Waals surface area contributed by atoms with Gasteiger partial charge in [-0.25, -0.2) is 4.98 Å². The highest BCUT2D eigenvalue weighted by Crippen LogP contribution is 2.39. The summed E-state index contributed by atoms with van der Waals surface area (Å²) in [4.78, 5) is 17.0. The maximum Gasteiger partial charge on any atom is 0.271 e. The van der Waals surface area contributed by atoms with E-state index in [1.807, 2.05) is 30.3 Å². The maximum atomic E-state index is 12.6. The topological polar surface area (TPSA) is 78.9 Å². The molecule has 0 fully saturated rings. The Balaban J connectivity index is 1.76. The van der Waals surface area contributed by atoms with Crippen LogP contribution < -0.4 is 24.3 Å². The Kier molecular flexibility index (Phi) is 6.56. The van der Waals surface area contributed by atoms with Crippen molar-refractivity contribution in [3.8, 4) is 33.6 Å². The second-order valence-electron chi connectivity index (χ2n) is 5.94. The fourth-order valence-electron chi connectivity index (χ4n) is 2.82. The minimum absolute atomic E-state index is 0.271. The number of benzene rings is 2. The molecular weight excluding hydrogens is 392 g/mol. The van der Waals surface area contributed by atoms with E-state index in [4.69, 9.17) is 18.9 Å². The first-order chi connectivity index (χ1) is 14.1. The zero-order valence-corrected chi connectivity index (χ0v) is 17.5. The minimum atomic E-state index is -0.271. The standard InChI is InChI=1S/C21H22N2O5S/c1-25-14-9-8-13(18(10-14)27-3)11-22-20(24)16-12-29-21(23-16)15-6-5-7-17(26-2)19(15)28-4/h5-10,12H,11H2,1-4H3,(H,22,24). The molecule has 0 radical (unpaired) electrons. The third-order valence-corrected chi connectivity index (χ3v) is 5.18. The normalized spacial score (nSPS) is 10.3. The van der Waals surface area contributed by atoms with Crippen LogP contribution >= 0.6 is 11.3 Å². The smallest absolute Gasteiger partial charge is 0.271 e. The molecule has 1 aromatic heterocycles. The Morgan fingerprint density at radius 3 is 2.48 bits per heavy atom. The minimum Gasteiger partial charge on any atom is -0.497 e. The largest absolute Gasteiger partial charge is 0.497 e. The fraction of sp³-hybridized carbons (Fsp3) is 0.238. The number of para-hydroxylation sites is 1. The highest BCUT2D eigenvalue weighted by Gasteiger charge is 2.17. The number of carbonyl (C=O) groups excluding carboxylic acids is 1. The van der Waals surface area contributed by atoms with Gasteiger partial charge in [-0.05, 0) is 24.3 Å². The van der Waals surface area contributed by atoms with Crippen LogP contribution in [-0.4, -0.2) is 39.3 Å². The maximum absolute atomic E-state index is 12.6. The van der Waals surface area contributed by atoms with Gasteiger partial charge in [0.1, 0.15) is 22.2 Å². The van der Waals surface area contributed by atoms with Gasteiger partial charge in [0.05, 0.1) is 34.0 Å². The Labute approximate surface area is 173 Å². The van der Waals surface area contributed by atoms with Gasteiger partial charge in [0.25, 0.3) is 5.91 Å². The van der Waals surface area contributed by atoms with Crippen molar-refractivity contribution in [1.29, 1.82) is 0 Å². The van der Waals surface area contributed by atoms with Crippen LogP contribution in [0.5, 0.6) is 23.0 Å². The van der Waals surface area contributed by atoms with Crippen molar-refractivity contribution >= 4 is 17.2 Å². The lowest BCUT2D eigenvalue weighted by Gasteiger charge is -2.11. The van der Waals surface area contributed by atoms with Gasteiger partial charge in [-0.2, -0.15) is 0 Å². The molecule has 0 saturated heterocycles. The monoisotopic (exact) mass is 414 g/mol. The van der Waals surface area contributed by atoms with E-state index in [9.17, 15) is 4.79 Å². The number of hydrogen-bond acceptors (Lipinski definition) is 7. The molecule has 3 aromatic rings. The number of aromatic nitrogens is 1. The Hall–Kier alpha value is -3.26. The summed E-state index contributed by atoms with van der Waals surface area (Å²) in [5, 5.41) is 5.26. The van der Waals surface area contributed by atoms with Crippen LogP contribution in [0.1, 0.15) is 16.1 Å². The molecular formula is C21H22N2O5S. The number of amides is 1. The van der Waals surface area contributed by atoms with Crippen LogP contribution in [0, 0.1) is 0 Å². The van der Waals surface area contributed by atoms with Gasteiger partial charge in [0, 0.05) is 23.6 Å². The van der Waals surface area contributed by atoms with Gasteiger partial charge in [-0.15, -0.1) is 11.3 Å². The Morgan fingerprint density at radius 2 is 1.79 bits per heavy atom. The molecule has 0 bridgehead atoms. The molecule has 2 aromatic carbocycles. The van der Waals surface area contributed by atoms with Crippen LogP contribution in [0.3, 0.4) is 0 Å². The summed E-state index contributed by atoms with van der Waals surface area (Å²) >= 11 is 1.37. The third-order valence-electron chi connectivity index (χ3n) is 4.30. The van der Waals surface area contributed by atoms with Crippen LogP contribution in [0.2, 0.25) is 0 Å². The highest BCUT2D eigenvalue weighted by molar-refractivity contribution is 7.13. The summed E-state index contributed by atoms with van der Waals surface area (Å²) in [6, 6.07) is 11.0. The highest BCUT2D eigenvalue weighted by atomic mass is 32.1. The molecule has 0 aliphatic rings. The number of thiazole rings is 1. The first-order valence-electron chi connectivity index (χ1n) is 8.77. The van der Waals surface area contributed by atoms with Crippen molar-refractivity contribution < 1.29 is 23.7 Å². The van der Waals surface area contributed by atoms with Crippen molar-refractivity contribution in [2.75, 3.05) is 28.4 Å². The van der Waals surface area contributed by atoms with Gasteiger partial charge < -0.3 is 24.3 Å². The molecule has 0 aliphatic heterocycles. The quantitative estimate of drug-likeness (QED) is 0.604. The predicted molar refractivity (Wildman–Crippen MR) is 111 cm³/mol. The van der Waals surface area contributed by atoms with E-state index in [-0.39, 0.29) is 5.91 Å². The molecule has 0 atom stereocenters. The van der Waals surface area contributed by atoms with E-state index in [2.05, 4.69) is 10.3 Å². The number of nitrogens with one attached hydrogen (secondary N) is 1. The summed E-state index contributed by atoms with van der Waals surface area (Å²) in [7, 11) is 6.32. The molecule has 152 valence electrons. The van der Waals surface area contributed by atoms with Gasteiger partial charge >= 0.3 is 0 Å². The van der Waals surface area contributed by atoms with Crippen molar-refractivity contribution in [2.45, 2.75) is 6.54 Å². The van der Waals surface area contributed by atoms with E-state index in [0.29, 0.717) is 40.2 Å². The average Bonchev–Trinajstić information content (AvgIpc) is 3.26. The molecule has 3 rings (SSSR count). The molecule has 0 spiro atoms. The van der Waals surface area contributed by atoms with Crippen LogP contribution in [-0.2, 0) is 6.54 Å². The summed E-state index contributed by atoms with van der Waals surface area (Å²) in [5.41, 5.74) is 1.95. The SMILES string of the molecule is COc1ccc(CNC(=O)c2csc(-c3cccc(OC)c3OC)n2)c(OC)c1. The van der Waals surface area contributed by atoms with Crippen LogP contribution in [0.25, 0.3) is 10.6 Å². The molecule has 8 heteroatoms. The molecule has 1 heterocycles.